The van der Waals surface area contributed by atoms with Crippen LogP contribution in [0.15, 0.2) is 47.4 Å². The average Bonchev–Trinajstić information content (AvgIpc) is 2.80. The molecule has 2 heterocycles. The zero-order valence-electron chi connectivity index (χ0n) is 21.7. The molecule has 0 saturated carbocycles. The topological polar surface area (TPSA) is 82.5 Å². The van der Waals surface area contributed by atoms with E-state index >= 15 is 0 Å². The molecule has 3 aromatic rings. The lowest BCUT2D eigenvalue weighted by Gasteiger charge is -2.23. The second-order valence-corrected chi connectivity index (χ2v) is 10.1. The number of hydrogen-bond acceptors (Lipinski definition) is 5. The molecule has 1 amide bonds. The quantitative estimate of drug-likeness (QED) is 0.385. The monoisotopic (exact) mass is 479 g/mol. The highest BCUT2D eigenvalue weighted by Gasteiger charge is 2.22. The largest absolute Gasteiger partial charge is 0.491 e. The number of amides is 1. The van der Waals surface area contributed by atoms with Crippen LogP contribution in [0, 0.1) is 5.92 Å². The van der Waals surface area contributed by atoms with Crippen molar-refractivity contribution in [2.24, 2.45) is 5.92 Å². The number of rotatable bonds is 9. The van der Waals surface area contributed by atoms with Gasteiger partial charge in [0.25, 0.3) is 5.56 Å². The van der Waals surface area contributed by atoms with E-state index in [1.807, 2.05) is 57.2 Å². The first kappa shape index (κ1) is 26.3. The minimum atomic E-state index is -0.622. The van der Waals surface area contributed by atoms with Gasteiger partial charge >= 0.3 is 6.09 Å². The summed E-state index contributed by atoms with van der Waals surface area (Å²) in [4.78, 5) is 30.5. The number of aromatic nitrogens is 2. The van der Waals surface area contributed by atoms with Crippen molar-refractivity contribution in [3.05, 3.63) is 58.6 Å². The molecule has 3 rings (SSSR count). The molecule has 0 fully saturated rings. The molecule has 0 unspecified atom stereocenters. The summed E-state index contributed by atoms with van der Waals surface area (Å²) >= 11 is 0. The third-order valence-corrected chi connectivity index (χ3v) is 5.38. The Morgan fingerprint density at radius 2 is 1.91 bits per heavy atom. The fraction of sp³-hybridized carbons (Fsp3) is 0.464. The highest BCUT2D eigenvalue weighted by Crippen LogP contribution is 2.32. The summed E-state index contributed by atoms with van der Waals surface area (Å²) in [5, 5.41) is 4.12. The highest BCUT2D eigenvalue weighted by atomic mass is 16.6. The number of carbonyl (C=O) groups is 1. The van der Waals surface area contributed by atoms with Crippen LogP contribution in [0.2, 0.25) is 0 Å². The number of nitrogens with one attached hydrogen (secondary N) is 1. The number of benzene rings is 1. The van der Waals surface area contributed by atoms with Crippen LogP contribution in [0.3, 0.4) is 0 Å². The minimum Gasteiger partial charge on any atom is -0.491 e. The van der Waals surface area contributed by atoms with Gasteiger partial charge in [0.2, 0.25) is 0 Å². The van der Waals surface area contributed by atoms with Gasteiger partial charge in [-0.15, -0.1) is 0 Å². The van der Waals surface area contributed by atoms with Crippen molar-refractivity contribution in [3.8, 4) is 17.0 Å². The standard InChI is InChI=1S/C28H37N3O4/c1-7-8-15-34-25-22-16-20(23-11-9-10-14-29-23)12-13-21(22)26(32)31(18-19(2)3)24(25)17-30-27(33)35-28(4,5)6/h9-14,16,19H,7-8,15,17-18H2,1-6H3,(H,30,33). The maximum Gasteiger partial charge on any atom is 0.407 e. The molecule has 2 aromatic heterocycles. The second-order valence-electron chi connectivity index (χ2n) is 10.1. The Morgan fingerprint density at radius 1 is 1.14 bits per heavy atom. The molecule has 0 radical (unpaired) electrons. The second kappa shape index (κ2) is 11.4. The normalized spacial score (nSPS) is 11.6. The molecule has 0 aliphatic heterocycles. The molecular formula is C28H37N3O4. The number of pyridine rings is 2. The lowest BCUT2D eigenvalue weighted by molar-refractivity contribution is 0.0521. The van der Waals surface area contributed by atoms with E-state index in [2.05, 4.69) is 31.1 Å². The van der Waals surface area contributed by atoms with Gasteiger partial charge in [-0.05, 0) is 57.4 Å². The zero-order valence-corrected chi connectivity index (χ0v) is 21.7. The molecule has 0 spiro atoms. The molecule has 0 aliphatic rings. The number of hydrogen-bond donors (Lipinski definition) is 1. The van der Waals surface area contributed by atoms with E-state index in [0.717, 1.165) is 29.5 Å². The summed E-state index contributed by atoms with van der Waals surface area (Å²) in [5.74, 6) is 0.837. The van der Waals surface area contributed by atoms with Crippen LogP contribution >= 0.6 is 0 Å². The molecule has 35 heavy (non-hydrogen) atoms. The Balaban J connectivity index is 2.18. The summed E-state index contributed by atoms with van der Waals surface area (Å²) in [5.41, 5.74) is 1.61. The predicted octanol–water partition coefficient (Wildman–Crippen LogP) is 5.92. The van der Waals surface area contributed by atoms with Crippen molar-refractivity contribution >= 4 is 16.9 Å². The Labute approximate surface area is 207 Å². The summed E-state index contributed by atoms with van der Waals surface area (Å²) in [6, 6.07) is 11.5. The minimum absolute atomic E-state index is 0.106. The van der Waals surface area contributed by atoms with Crippen molar-refractivity contribution < 1.29 is 14.3 Å². The van der Waals surface area contributed by atoms with Crippen LogP contribution in [0.1, 0.15) is 60.1 Å². The van der Waals surface area contributed by atoms with Crippen molar-refractivity contribution in [1.29, 1.82) is 0 Å². The van der Waals surface area contributed by atoms with Crippen LogP contribution in [-0.2, 0) is 17.8 Å². The molecule has 188 valence electrons. The van der Waals surface area contributed by atoms with Crippen molar-refractivity contribution in [1.82, 2.24) is 14.9 Å². The van der Waals surface area contributed by atoms with Gasteiger partial charge in [0.05, 0.1) is 29.9 Å². The smallest absolute Gasteiger partial charge is 0.407 e. The maximum atomic E-state index is 13.6. The fourth-order valence-electron chi connectivity index (χ4n) is 3.84. The number of carbonyl (C=O) groups excluding carboxylic acids is 1. The van der Waals surface area contributed by atoms with E-state index in [4.69, 9.17) is 9.47 Å². The van der Waals surface area contributed by atoms with Gasteiger partial charge < -0.3 is 19.4 Å². The molecule has 0 bridgehead atoms. The van der Waals surface area contributed by atoms with Gasteiger partial charge in [-0.3, -0.25) is 9.78 Å². The fourth-order valence-corrected chi connectivity index (χ4v) is 3.84. The van der Waals surface area contributed by atoms with E-state index in [9.17, 15) is 9.59 Å². The van der Waals surface area contributed by atoms with Crippen molar-refractivity contribution in [2.75, 3.05) is 6.61 Å². The first-order valence-electron chi connectivity index (χ1n) is 12.3. The van der Waals surface area contributed by atoms with Crippen LogP contribution in [0.5, 0.6) is 5.75 Å². The third kappa shape index (κ3) is 6.84. The summed E-state index contributed by atoms with van der Waals surface area (Å²) in [6.07, 6.45) is 3.07. The highest BCUT2D eigenvalue weighted by molar-refractivity contribution is 5.92. The average molecular weight is 480 g/mol. The lowest BCUT2D eigenvalue weighted by Crippen LogP contribution is -2.35. The van der Waals surface area contributed by atoms with Gasteiger partial charge in [0.15, 0.2) is 0 Å². The lowest BCUT2D eigenvalue weighted by atomic mass is 10.0. The molecular weight excluding hydrogens is 442 g/mol. The number of ether oxygens (including phenoxy) is 2. The number of nitrogens with zero attached hydrogens (tertiary/aromatic N) is 2. The van der Waals surface area contributed by atoms with Crippen LogP contribution in [-0.4, -0.2) is 27.9 Å². The number of unbranched alkanes of at least 4 members (excludes halogenated alkanes) is 1. The van der Waals surface area contributed by atoms with E-state index in [1.165, 1.54) is 0 Å². The first-order chi connectivity index (χ1) is 16.6. The maximum absolute atomic E-state index is 13.6. The first-order valence-corrected chi connectivity index (χ1v) is 12.3. The molecule has 0 saturated heterocycles. The molecule has 0 aliphatic carbocycles. The Kier molecular flexibility index (Phi) is 8.54. The van der Waals surface area contributed by atoms with Crippen LogP contribution in [0.4, 0.5) is 4.79 Å². The molecule has 1 aromatic carbocycles. The molecule has 7 nitrogen and oxygen atoms in total. The van der Waals surface area contributed by atoms with Crippen LogP contribution in [0.25, 0.3) is 22.0 Å². The number of fused-ring (bicyclic) bond motifs is 1. The Hall–Kier alpha value is -3.35. The summed E-state index contributed by atoms with van der Waals surface area (Å²) in [6.45, 7) is 12.8. The van der Waals surface area contributed by atoms with Gasteiger partial charge in [-0.25, -0.2) is 4.79 Å². The molecule has 1 N–H and O–H groups in total. The van der Waals surface area contributed by atoms with E-state index in [0.29, 0.717) is 30.0 Å². The predicted molar refractivity (Wildman–Crippen MR) is 140 cm³/mol. The third-order valence-electron chi connectivity index (χ3n) is 5.38. The van der Waals surface area contributed by atoms with Gasteiger partial charge in [-0.1, -0.05) is 39.3 Å². The van der Waals surface area contributed by atoms with Crippen molar-refractivity contribution in [3.63, 3.8) is 0 Å². The van der Waals surface area contributed by atoms with Gasteiger partial charge in [0.1, 0.15) is 11.4 Å². The Morgan fingerprint density at radius 3 is 2.54 bits per heavy atom. The number of alkyl carbamates (subject to hydrolysis) is 1. The summed E-state index contributed by atoms with van der Waals surface area (Å²) in [7, 11) is 0. The Bertz CT molecular complexity index is 1210. The van der Waals surface area contributed by atoms with E-state index < -0.39 is 11.7 Å². The van der Waals surface area contributed by atoms with Gasteiger partial charge in [-0.2, -0.15) is 0 Å². The van der Waals surface area contributed by atoms with E-state index in [1.54, 1.807) is 10.8 Å². The van der Waals surface area contributed by atoms with E-state index in [-0.39, 0.29) is 18.0 Å². The van der Waals surface area contributed by atoms with Crippen molar-refractivity contribution in [2.45, 2.75) is 73.1 Å². The summed E-state index contributed by atoms with van der Waals surface area (Å²) < 4.78 is 13.5. The molecule has 0 atom stereocenters. The molecule has 7 heteroatoms. The zero-order chi connectivity index (χ0) is 25.6. The van der Waals surface area contributed by atoms with Crippen LogP contribution < -0.4 is 15.6 Å². The SMILES string of the molecule is CCCCOc1c(CNC(=O)OC(C)(C)C)n(CC(C)C)c(=O)c2ccc(-c3ccccn3)cc12. The van der Waals surface area contributed by atoms with Gasteiger partial charge in [0, 0.05) is 23.7 Å².